The van der Waals surface area contributed by atoms with Crippen molar-refractivity contribution in [3.63, 3.8) is 0 Å². The van der Waals surface area contributed by atoms with Crippen LogP contribution in [-0.4, -0.2) is 123 Å². The van der Waals surface area contributed by atoms with Crippen LogP contribution in [0.25, 0.3) is 5.76 Å². The molecule has 0 spiro atoms. The molecule has 1 saturated carbocycles. The van der Waals surface area contributed by atoms with Gasteiger partial charge < -0.3 is 36.4 Å². The normalized spacial score (nSPS) is 32.7. The molecule has 4 unspecified atom stereocenters. The highest BCUT2D eigenvalue weighted by Crippen LogP contribution is 2.53. The Balaban J connectivity index is 1.34. The second kappa shape index (κ2) is 9.63. The number of likely N-dealkylation sites (N-methyl/N-ethyl adjacent to an activating group) is 2. The molecule has 2 amide bonds. The first-order valence-electron chi connectivity index (χ1n) is 14.0. The quantitative estimate of drug-likeness (QED) is 0.190. The topological polar surface area (TPSA) is 197 Å². The zero-order valence-electron chi connectivity index (χ0n) is 23.6. The van der Waals surface area contributed by atoms with E-state index in [9.17, 15) is 39.6 Å². The zero-order chi connectivity index (χ0) is 30.4. The molecule has 0 aromatic heterocycles. The Kier molecular flexibility index (Phi) is 6.50. The molecule has 2 heterocycles. The molecule has 224 valence electrons. The molecule has 5 aliphatic rings. The number of nitrogens with one attached hydrogen (secondary N) is 1. The van der Waals surface area contributed by atoms with Gasteiger partial charge in [0.1, 0.15) is 22.8 Å². The summed E-state index contributed by atoms with van der Waals surface area (Å²) in [4.78, 5) is 58.0. The van der Waals surface area contributed by atoms with E-state index >= 15 is 0 Å². The van der Waals surface area contributed by atoms with E-state index in [1.165, 1.54) is 11.0 Å². The van der Waals surface area contributed by atoms with Gasteiger partial charge in [-0.3, -0.25) is 29.0 Å². The second-order valence-electron chi connectivity index (χ2n) is 12.4. The van der Waals surface area contributed by atoms with Gasteiger partial charge in [0, 0.05) is 36.7 Å². The second-order valence-corrected chi connectivity index (χ2v) is 12.4. The number of Topliss-reactive ketones (excluding diaryl/α,β-unsaturated/α-hetero) is 2. The summed E-state index contributed by atoms with van der Waals surface area (Å²) in [7, 11) is 5.17. The lowest BCUT2D eigenvalue weighted by Crippen LogP contribution is -2.65. The Labute approximate surface area is 241 Å². The highest BCUT2D eigenvalue weighted by atomic mass is 16.3. The summed E-state index contributed by atoms with van der Waals surface area (Å²) in [6.45, 7) is 1.82. The lowest BCUT2D eigenvalue weighted by atomic mass is 9.57. The fraction of sp³-hybridized carbons (Fsp3) is 0.517. The van der Waals surface area contributed by atoms with Crippen LogP contribution in [0.4, 0.5) is 5.69 Å². The van der Waals surface area contributed by atoms with Gasteiger partial charge in [-0.25, -0.2) is 0 Å². The van der Waals surface area contributed by atoms with Gasteiger partial charge in [0.15, 0.2) is 11.4 Å². The number of anilines is 1. The number of carbonyl (C=O) groups excluding carboxylic acids is 4. The van der Waals surface area contributed by atoms with Crippen molar-refractivity contribution in [1.29, 1.82) is 0 Å². The molecule has 13 heteroatoms. The predicted octanol–water partition coefficient (Wildman–Crippen LogP) is -0.709. The van der Waals surface area contributed by atoms with Crippen LogP contribution in [0, 0.1) is 11.8 Å². The fourth-order valence-electron chi connectivity index (χ4n) is 7.84. The van der Waals surface area contributed by atoms with Crippen molar-refractivity contribution < 1.29 is 39.6 Å². The molecular weight excluding hydrogens is 546 g/mol. The summed E-state index contributed by atoms with van der Waals surface area (Å²) in [5, 5.41) is 47.9. The first-order valence-corrected chi connectivity index (χ1v) is 14.0. The average molecular weight is 582 g/mol. The lowest BCUT2D eigenvalue weighted by Gasteiger charge is -2.50. The molecule has 2 aliphatic heterocycles. The minimum absolute atomic E-state index is 0.0121. The van der Waals surface area contributed by atoms with Crippen molar-refractivity contribution in [2.24, 2.45) is 17.6 Å². The van der Waals surface area contributed by atoms with E-state index in [0.29, 0.717) is 17.6 Å². The molecule has 6 rings (SSSR count). The number of primary amides is 1. The van der Waals surface area contributed by atoms with E-state index in [2.05, 4.69) is 22.2 Å². The van der Waals surface area contributed by atoms with Crippen molar-refractivity contribution in [3.05, 3.63) is 40.2 Å². The highest BCUT2D eigenvalue weighted by Gasteiger charge is 2.64. The van der Waals surface area contributed by atoms with Crippen LogP contribution in [0.5, 0.6) is 5.75 Å². The molecule has 3 fully saturated rings. The Morgan fingerprint density at radius 2 is 1.83 bits per heavy atom. The Bertz CT molecular complexity index is 1500. The zero-order valence-corrected chi connectivity index (χ0v) is 23.6. The number of carbonyl (C=O) groups is 4. The van der Waals surface area contributed by atoms with Crippen LogP contribution < -0.4 is 11.1 Å². The number of fused-ring (bicyclic) bond motifs is 5. The van der Waals surface area contributed by atoms with Gasteiger partial charge in [0.25, 0.3) is 5.91 Å². The average Bonchev–Trinajstić information content (AvgIpc) is 3.46. The molecule has 42 heavy (non-hydrogen) atoms. The number of benzene rings is 1. The van der Waals surface area contributed by atoms with E-state index < -0.39 is 63.8 Å². The maximum Gasteiger partial charge on any atom is 0.255 e. The van der Waals surface area contributed by atoms with E-state index in [-0.39, 0.29) is 42.1 Å². The van der Waals surface area contributed by atoms with Crippen LogP contribution in [0.2, 0.25) is 0 Å². The van der Waals surface area contributed by atoms with Gasteiger partial charge in [-0.2, -0.15) is 0 Å². The first kappa shape index (κ1) is 28.3. The lowest BCUT2D eigenvalue weighted by molar-refractivity contribution is -0.153. The van der Waals surface area contributed by atoms with Crippen LogP contribution in [-0.2, 0) is 25.6 Å². The SMILES string of the molecule is CN1CC2CC1CN2CC(=O)Nc1ccc2c(c1O)C(O)=C1C(=O)[C@@]3(O)C(O)=C(C(N)=O)C(=O)[C@H](N(C)C)C3CC1C2. The number of phenols is 1. The highest BCUT2D eigenvalue weighted by molar-refractivity contribution is 6.24. The van der Waals surface area contributed by atoms with Crippen LogP contribution in [0.1, 0.15) is 24.0 Å². The Morgan fingerprint density at radius 3 is 2.43 bits per heavy atom. The standard InChI is InChI=1S/C29H35N5O8/c1-32(2)22-16-7-13-6-12-4-5-17(31-18(35)11-34-10-14-8-15(34)9-33(14)3)23(36)19(12)24(37)20(13)26(39)29(16,42)27(40)21(25(22)38)28(30)41/h4-5,13-16,22,36-37,40,42H,6-11H2,1-3H3,(H2,30,41)(H,31,35)/t13?,14?,15?,16?,22-,29-/m1/s1. The third-order valence-electron chi connectivity index (χ3n) is 9.84. The number of nitrogens with zero attached hydrogens (tertiary/aromatic N) is 3. The van der Waals surface area contributed by atoms with E-state index in [1.807, 2.05) is 0 Å². The molecule has 7 N–H and O–H groups in total. The maximum absolute atomic E-state index is 13.9. The monoisotopic (exact) mass is 581 g/mol. The third-order valence-corrected chi connectivity index (χ3v) is 9.84. The number of hydrogen-bond acceptors (Lipinski definition) is 11. The number of phenolic OH excluding ortho intramolecular Hbond substituents is 1. The first-order chi connectivity index (χ1) is 19.7. The molecule has 6 atom stereocenters. The fourth-order valence-corrected chi connectivity index (χ4v) is 7.84. The van der Waals surface area contributed by atoms with Gasteiger partial charge in [-0.1, -0.05) is 6.07 Å². The summed E-state index contributed by atoms with van der Waals surface area (Å²) in [6.07, 6.45) is 1.20. The van der Waals surface area contributed by atoms with Gasteiger partial charge in [0.05, 0.1) is 23.8 Å². The minimum Gasteiger partial charge on any atom is -0.508 e. The van der Waals surface area contributed by atoms with Crippen molar-refractivity contribution >= 4 is 34.8 Å². The Hall–Kier alpha value is -3.78. The van der Waals surface area contributed by atoms with Gasteiger partial charge in [0.2, 0.25) is 11.7 Å². The summed E-state index contributed by atoms with van der Waals surface area (Å²) >= 11 is 0. The molecule has 2 saturated heterocycles. The van der Waals surface area contributed by atoms with Crippen molar-refractivity contribution in [1.82, 2.24) is 14.7 Å². The molecule has 1 aromatic rings. The summed E-state index contributed by atoms with van der Waals surface area (Å²) < 4.78 is 0. The molecule has 0 radical (unpaired) electrons. The number of likely N-dealkylation sites (tertiary alicyclic amines) is 2. The van der Waals surface area contributed by atoms with E-state index in [1.54, 1.807) is 20.2 Å². The smallest absolute Gasteiger partial charge is 0.255 e. The molecule has 13 nitrogen and oxygen atoms in total. The minimum atomic E-state index is -2.70. The number of amides is 2. The largest absolute Gasteiger partial charge is 0.508 e. The van der Waals surface area contributed by atoms with Gasteiger partial charge in [-0.05, 0) is 58.0 Å². The Morgan fingerprint density at radius 1 is 1.12 bits per heavy atom. The number of hydrogen-bond donors (Lipinski definition) is 6. The van der Waals surface area contributed by atoms with Crippen LogP contribution >= 0.6 is 0 Å². The number of rotatable bonds is 5. The van der Waals surface area contributed by atoms with E-state index in [0.717, 1.165) is 19.5 Å². The van der Waals surface area contributed by atoms with Crippen LogP contribution in [0.15, 0.2) is 29.0 Å². The summed E-state index contributed by atoms with van der Waals surface area (Å²) in [5.74, 6) is -7.45. The number of ketones is 2. The molecule has 3 aliphatic carbocycles. The molecular formula is C29H35N5O8. The third kappa shape index (κ3) is 3.91. The van der Waals surface area contributed by atoms with Gasteiger partial charge in [-0.15, -0.1) is 0 Å². The van der Waals surface area contributed by atoms with Gasteiger partial charge >= 0.3 is 0 Å². The summed E-state index contributed by atoms with van der Waals surface area (Å²) in [6, 6.07) is 2.76. The number of aliphatic hydroxyl groups is 3. The van der Waals surface area contributed by atoms with Crippen LogP contribution in [0.3, 0.4) is 0 Å². The predicted molar refractivity (Wildman–Crippen MR) is 149 cm³/mol. The van der Waals surface area contributed by atoms with E-state index in [4.69, 9.17) is 5.73 Å². The molecule has 2 bridgehead atoms. The molecule has 1 aromatic carbocycles. The van der Waals surface area contributed by atoms with Crippen molar-refractivity contribution in [2.45, 2.75) is 43.0 Å². The number of aliphatic hydroxyl groups excluding tert-OH is 2. The number of piperazine rings is 1. The van der Waals surface area contributed by atoms with Crippen molar-refractivity contribution in [3.8, 4) is 5.75 Å². The van der Waals surface area contributed by atoms with Crippen molar-refractivity contribution in [2.75, 3.05) is 46.1 Å². The number of aromatic hydroxyl groups is 1. The maximum atomic E-state index is 13.9. The summed E-state index contributed by atoms with van der Waals surface area (Å²) in [5.41, 5.74) is 2.06. The number of nitrogens with two attached hydrogens (primary N) is 1.